The third-order valence-corrected chi connectivity index (χ3v) is 7.90. The fourth-order valence-electron chi connectivity index (χ4n) is 2.23. The highest BCUT2D eigenvalue weighted by atomic mass is 31.2. The fraction of sp³-hybridized carbons (Fsp3) is 0.562. The summed E-state index contributed by atoms with van der Waals surface area (Å²) in [4.78, 5) is 30.2. The van der Waals surface area contributed by atoms with Crippen molar-refractivity contribution in [3.63, 3.8) is 0 Å². The van der Waals surface area contributed by atoms with Crippen LogP contribution in [0.3, 0.4) is 0 Å². The van der Waals surface area contributed by atoms with Gasteiger partial charge in [0.25, 0.3) is 0 Å². The minimum absolute atomic E-state index is 0.298. The van der Waals surface area contributed by atoms with Gasteiger partial charge < -0.3 is 19.2 Å². The highest BCUT2D eigenvalue weighted by molar-refractivity contribution is 7.72. The van der Waals surface area contributed by atoms with Crippen molar-refractivity contribution < 1.29 is 28.4 Å². The van der Waals surface area contributed by atoms with Crippen LogP contribution in [-0.4, -0.2) is 21.9 Å². The molecular weight excluding hydrogens is 348 g/mol. The molecule has 0 aromatic carbocycles. The Morgan fingerprint density at radius 2 is 2.00 bits per heavy atom. The monoisotopic (exact) mass is 373 g/mol. The molecule has 1 aromatic heterocycles. The quantitative estimate of drug-likeness (QED) is 0.314. The second-order valence-electron chi connectivity index (χ2n) is 5.89. The topological polar surface area (TPSA) is 102 Å². The molecule has 134 valence electrons. The van der Waals surface area contributed by atoms with Crippen molar-refractivity contribution >= 4 is 15.0 Å². The summed E-state index contributed by atoms with van der Waals surface area (Å²) in [5.74, 6) is 6.07. The molecule has 0 aliphatic carbocycles. The Balaban J connectivity index is 2.80. The van der Waals surface area contributed by atoms with Gasteiger partial charge in [-0.15, -0.1) is 0 Å². The zero-order valence-corrected chi connectivity index (χ0v) is 15.9. The van der Waals surface area contributed by atoms with Gasteiger partial charge in [0.05, 0.1) is 5.56 Å². The summed E-state index contributed by atoms with van der Waals surface area (Å²) in [6.45, 7) is 2.78. The van der Waals surface area contributed by atoms with Crippen molar-refractivity contribution in [1.82, 2.24) is 0 Å². The number of aromatic nitrogens is 1. The molecule has 0 amide bonds. The standard InChI is InChI=1S/C16H25NO5P2/c1-3-4-5-6-7-8-10-15-11-9-12-17(13-15)14-16(23(2,18)19)24(20,21)22/h9,11-13,16H,3-7,14H2,1-2H3,(H2-,18,19,20,21,22). The SMILES string of the molecule is CCCCCCC#Cc1ccc[n+](CC(P(C)(=O)O)P(=O)([O-])O)c1. The Labute approximate surface area is 143 Å². The normalized spacial score (nSPS) is 17.2. The second-order valence-corrected chi connectivity index (χ2v) is 10.6. The first-order valence-electron chi connectivity index (χ1n) is 7.96. The number of pyridine rings is 1. The van der Waals surface area contributed by atoms with E-state index in [1.54, 1.807) is 24.5 Å². The lowest BCUT2D eigenvalue weighted by Crippen LogP contribution is -2.40. The molecule has 0 spiro atoms. The second kappa shape index (κ2) is 9.51. The Morgan fingerprint density at radius 3 is 2.58 bits per heavy atom. The summed E-state index contributed by atoms with van der Waals surface area (Å²) in [6, 6.07) is 3.47. The molecule has 2 N–H and O–H groups in total. The van der Waals surface area contributed by atoms with E-state index in [2.05, 4.69) is 18.8 Å². The third kappa shape index (κ3) is 7.75. The van der Waals surface area contributed by atoms with Crippen molar-refractivity contribution in [2.75, 3.05) is 6.66 Å². The van der Waals surface area contributed by atoms with E-state index in [1.165, 1.54) is 17.4 Å². The molecule has 0 bridgehead atoms. The molecule has 0 aliphatic heterocycles. The van der Waals surface area contributed by atoms with Gasteiger partial charge in [0.1, 0.15) is 0 Å². The van der Waals surface area contributed by atoms with Gasteiger partial charge in [-0.25, -0.2) is 4.57 Å². The van der Waals surface area contributed by atoms with Crippen LogP contribution in [0.5, 0.6) is 0 Å². The van der Waals surface area contributed by atoms with E-state index in [0.717, 1.165) is 25.9 Å². The predicted octanol–water partition coefficient (Wildman–Crippen LogP) is 2.07. The van der Waals surface area contributed by atoms with E-state index >= 15 is 0 Å². The zero-order valence-electron chi connectivity index (χ0n) is 14.1. The van der Waals surface area contributed by atoms with Gasteiger partial charge in [-0.05, 0) is 12.5 Å². The molecule has 1 heterocycles. The molecule has 24 heavy (non-hydrogen) atoms. The minimum Gasteiger partial charge on any atom is -0.778 e. The summed E-state index contributed by atoms with van der Waals surface area (Å²) in [5, 5.41) is -1.73. The maximum atomic E-state index is 11.7. The first-order valence-corrected chi connectivity index (χ1v) is 11.8. The molecule has 8 heteroatoms. The van der Waals surface area contributed by atoms with Gasteiger partial charge in [-0.2, -0.15) is 0 Å². The highest BCUT2D eigenvalue weighted by Crippen LogP contribution is 2.57. The molecule has 3 atom stereocenters. The van der Waals surface area contributed by atoms with E-state index in [1.807, 2.05) is 0 Å². The summed E-state index contributed by atoms with van der Waals surface area (Å²) in [7, 11) is -8.93. The largest absolute Gasteiger partial charge is 0.778 e. The number of hydrogen-bond donors (Lipinski definition) is 2. The Hall–Kier alpha value is -0.950. The van der Waals surface area contributed by atoms with Crippen molar-refractivity contribution in [1.29, 1.82) is 0 Å². The van der Waals surface area contributed by atoms with Crippen LogP contribution < -0.4 is 9.46 Å². The van der Waals surface area contributed by atoms with Crippen LogP contribution >= 0.6 is 15.0 Å². The molecule has 0 aliphatic rings. The van der Waals surface area contributed by atoms with Gasteiger partial charge >= 0.3 is 0 Å². The van der Waals surface area contributed by atoms with Crippen molar-refractivity contribution in [3.05, 3.63) is 30.1 Å². The molecule has 0 saturated carbocycles. The Bertz CT molecular complexity index is 661. The Morgan fingerprint density at radius 1 is 1.29 bits per heavy atom. The van der Waals surface area contributed by atoms with E-state index in [4.69, 9.17) is 0 Å². The van der Waals surface area contributed by atoms with Gasteiger partial charge in [-0.1, -0.05) is 38.0 Å². The number of nitrogens with zero attached hydrogens (tertiary/aromatic N) is 1. The molecule has 0 fully saturated rings. The summed E-state index contributed by atoms with van der Waals surface area (Å²) in [6.07, 6.45) is 8.55. The average Bonchev–Trinajstić information content (AvgIpc) is 2.46. The number of hydrogen-bond acceptors (Lipinski definition) is 3. The lowest BCUT2D eigenvalue weighted by molar-refractivity contribution is -0.694. The fourth-order valence-corrected chi connectivity index (χ4v) is 5.28. The predicted molar refractivity (Wildman–Crippen MR) is 91.6 cm³/mol. The first kappa shape index (κ1) is 21.1. The molecule has 3 unspecified atom stereocenters. The van der Waals surface area contributed by atoms with Crippen molar-refractivity contribution in [2.24, 2.45) is 0 Å². The number of rotatable bonds is 8. The van der Waals surface area contributed by atoms with Crippen LogP contribution in [0.15, 0.2) is 24.5 Å². The minimum atomic E-state index is -4.93. The van der Waals surface area contributed by atoms with Gasteiger partial charge in [0, 0.05) is 19.2 Å². The smallest absolute Gasteiger partial charge is 0.215 e. The van der Waals surface area contributed by atoms with Crippen LogP contribution in [0, 0.1) is 11.8 Å². The molecular formula is C16H25NO5P2. The van der Waals surface area contributed by atoms with Crippen LogP contribution in [0.25, 0.3) is 0 Å². The lowest BCUT2D eigenvalue weighted by Gasteiger charge is -2.26. The van der Waals surface area contributed by atoms with Crippen LogP contribution in [-0.2, 0) is 15.7 Å². The summed E-state index contributed by atoms with van der Waals surface area (Å²) in [5.41, 5.74) is 0.689. The van der Waals surface area contributed by atoms with E-state index < -0.39 is 20.4 Å². The maximum Gasteiger partial charge on any atom is 0.215 e. The highest BCUT2D eigenvalue weighted by Gasteiger charge is 2.37. The molecule has 1 rings (SSSR count). The van der Waals surface area contributed by atoms with Crippen LogP contribution in [0.2, 0.25) is 0 Å². The molecule has 6 nitrogen and oxygen atoms in total. The number of unbranched alkanes of at least 4 members (excludes halogenated alkanes) is 4. The van der Waals surface area contributed by atoms with Crippen LogP contribution in [0.4, 0.5) is 0 Å². The average molecular weight is 373 g/mol. The first-order chi connectivity index (χ1) is 11.1. The van der Waals surface area contributed by atoms with Gasteiger partial charge in [0.15, 0.2) is 31.9 Å². The lowest BCUT2D eigenvalue weighted by atomic mass is 10.1. The Kier molecular flexibility index (Phi) is 8.36. The van der Waals surface area contributed by atoms with Crippen molar-refractivity contribution in [3.8, 4) is 11.8 Å². The summed E-state index contributed by atoms with van der Waals surface area (Å²) < 4.78 is 24.6. The zero-order chi connectivity index (χ0) is 18.2. The van der Waals surface area contributed by atoms with E-state index in [9.17, 15) is 23.8 Å². The van der Waals surface area contributed by atoms with E-state index in [0.29, 0.717) is 5.56 Å². The van der Waals surface area contributed by atoms with Gasteiger partial charge in [0.2, 0.25) is 7.37 Å². The van der Waals surface area contributed by atoms with Crippen LogP contribution in [0.1, 0.15) is 44.6 Å². The summed E-state index contributed by atoms with van der Waals surface area (Å²) >= 11 is 0. The van der Waals surface area contributed by atoms with Crippen molar-refractivity contribution in [2.45, 2.75) is 51.0 Å². The maximum absolute atomic E-state index is 11.7. The van der Waals surface area contributed by atoms with Gasteiger partial charge in [-0.3, -0.25) is 4.57 Å². The molecule has 0 radical (unpaired) electrons. The molecule has 1 aromatic rings. The van der Waals surface area contributed by atoms with E-state index in [-0.39, 0.29) is 6.54 Å². The molecule has 0 saturated heterocycles. The third-order valence-electron chi connectivity index (χ3n) is 3.55.